The summed E-state index contributed by atoms with van der Waals surface area (Å²) in [5.41, 5.74) is -1.78. The topological polar surface area (TPSA) is 88.5 Å². The Morgan fingerprint density at radius 3 is 2.48 bits per heavy atom. The molecule has 29 heavy (non-hydrogen) atoms. The molecule has 0 amide bonds. The summed E-state index contributed by atoms with van der Waals surface area (Å²) in [6.07, 6.45) is 3.17. The molecular formula is C22H24ClFO5. The van der Waals surface area contributed by atoms with Crippen LogP contribution in [0.15, 0.2) is 23.8 Å². The third kappa shape index (κ3) is 2.38. The molecule has 0 radical (unpaired) electrons. The fourth-order valence-corrected chi connectivity index (χ4v) is 7.48. The largest absolute Gasteiger partial charge is 0.475 e. The van der Waals surface area contributed by atoms with Gasteiger partial charge < -0.3 is 5.11 Å². The van der Waals surface area contributed by atoms with Crippen molar-refractivity contribution in [2.24, 2.45) is 34.5 Å². The van der Waals surface area contributed by atoms with E-state index < -0.39 is 45.5 Å². The molecule has 4 aliphatic carbocycles. The maximum absolute atomic E-state index is 15.3. The van der Waals surface area contributed by atoms with Gasteiger partial charge in [-0.25, -0.2) is 9.18 Å². The molecule has 3 saturated carbocycles. The van der Waals surface area contributed by atoms with Crippen molar-refractivity contribution >= 4 is 34.9 Å². The zero-order valence-electron chi connectivity index (χ0n) is 16.6. The highest BCUT2D eigenvalue weighted by Gasteiger charge is 2.72. The number of rotatable bonds is 2. The number of allylic oxidation sites excluding steroid dienone is 4. The third-order valence-corrected chi connectivity index (χ3v) is 9.11. The van der Waals surface area contributed by atoms with Gasteiger partial charge in [0, 0.05) is 17.8 Å². The van der Waals surface area contributed by atoms with Crippen molar-refractivity contribution < 1.29 is 28.7 Å². The quantitative estimate of drug-likeness (QED) is 0.544. The van der Waals surface area contributed by atoms with Crippen LogP contribution in [0.3, 0.4) is 0 Å². The lowest BCUT2D eigenvalue weighted by Gasteiger charge is -2.60. The van der Waals surface area contributed by atoms with Gasteiger partial charge in [-0.15, -0.1) is 11.6 Å². The minimum absolute atomic E-state index is 0.0151. The molecule has 3 fully saturated rings. The van der Waals surface area contributed by atoms with E-state index >= 15 is 4.39 Å². The first-order valence-electron chi connectivity index (χ1n) is 9.96. The van der Waals surface area contributed by atoms with E-state index in [0.717, 1.165) is 0 Å². The van der Waals surface area contributed by atoms with Crippen LogP contribution in [0.1, 0.15) is 40.0 Å². The van der Waals surface area contributed by atoms with Gasteiger partial charge in [-0.2, -0.15) is 0 Å². The van der Waals surface area contributed by atoms with E-state index in [1.807, 2.05) is 6.92 Å². The van der Waals surface area contributed by atoms with Crippen molar-refractivity contribution in [3.63, 3.8) is 0 Å². The molecule has 0 aromatic carbocycles. The van der Waals surface area contributed by atoms with Gasteiger partial charge in [0.15, 0.2) is 11.6 Å². The van der Waals surface area contributed by atoms with E-state index in [-0.39, 0.29) is 41.8 Å². The number of aliphatic carboxylic acids is 1. The molecule has 0 aromatic heterocycles. The summed E-state index contributed by atoms with van der Waals surface area (Å²) >= 11 is 7.10. The lowest BCUT2D eigenvalue weighted by molar-refractivity contribution is -0.156. The zero-order chi connectivity index (χ0) is 21.5. The van der Waals surface area contributed by atoms with Crippen molar-refractivity contribution in [1.82, 2.24) is 0 Å². The van der Waals surface area contributed by atoms with Crippen molar-refractivity contribution in [1.29, 1.82) is 0 Å². The number of alkyl halides is 2. The second-order valence-corrected chi connectivity index (χ2v) is 10.2. The predicted octanol–water partition coefficient (Wildman–Crippen LogP) is 3.30. The third-order valence-electron chi connectivity index (χ3n) is 8.22. The molecule has 0 saturated heterocycles. The summed E-state index contributed by atoms with van der Waals surface area (Å²) in [4.78, 5) is 47.9. The smallest absolute Gasteiger partial charge is 0.372 e. The Bertz CT molecular complexity index is 909. The minimum Gasteiger partial charge on any atom is -0.475 e. The van der Waals surface area contributed by atoms with Crippen molar-refractivity contribution in [2.45, 2.75) is 51.1 Å². The van der Waals surface area contributed by atoms with Gasteiger partial charge >= 0.3 is 5.97 Å². The molecule has 5 nitrogen and oxygen atoms in total. The van der Waals surface area contributed by atoms with Gasteiger partial charge in [0.2, 0.25) is 5.78 Å². The molecule has 156 valence electrons. The van der Waals surface area contributed by atoms with E-state index in [4.69, 9.17) is 11.6 Å². The maximum atomic E-state index is 15.3. The van der Waals surface area contributed by atoms with Gasteiger partial charge in [-0.3, -0.25) is 14.4 Å². The van der Waals surface area contributed by atoms with Gasteiger partial charge in [-0.1, -0.05) is 26.8 Å². The number of carboxylic acid groups (broad SMARTS) is 1. The van der Waals surface area contributed by atoms with Crippen LogP contribution in [-0.4, -0.2) is 39.5 Å². The normalized spacial score (nSPS) is 48.4. The molecule has 0 aliphatic heterocycles. The number of hydrogen-bond donors (Lipinski definition) is 1. The SMILES string of the molecule is C[C@@H]1C[C@H]2[C@@H]3C[C@H](F)C4=CC(=O)C=C[C@]4(C)[C@@]3(Cl)C(=O)C[C@]2(C)[C@H]1C(=O)C(=O)O. The molecule has 1 N–H and O–H groups in total. The Morgan fingerprint density at radius 2 is 1.86 bits per heavy atom. The van der Waals surface area contributed by atoms with E-state index in [9.17, 15) is 24.3 Å². The lowest BCUT2D eigenvalue weighted by Crippen LogP contribution is -2.66. The molecule has 4 rings (SSSR count). The molecule has 0 aromatic rings. The van der Waals surface area contributed by atoms with Gasteiger partial charge in [0.25, 0.3) is 0 Å². The first kappa shape index (κ1) is 20.5. The fraction of sp³-hybridized carbons (Fsp3) is 0.636. The second-order valence-electron chi connectivity index (χ2n) is 9.63. The van der Waals surface area contributed by atoms with Gasteiger partial charge in [-0.05, 0) is 53.7 Å². The van der Waals surface area contributed by atoms with E-state index in [2.05, 4.69) is 0 Å². The highest BCUT2D eigenvalue weighted by atomic mass is 35.5. The highest BCUT2D eigenvalue weighted by Crippen LogP contribution is 2.69. The summed E-state index contributed by atoms with van der Waals surface area (Å²) in [6, 6.07) is 0. The van der Waals surface area contributed by atoms with Crippen LogP contribution in [0.5, 0.6) is 0 Å². The molecule has 4 aliphatic rings. The van der Waals surface area contributed by atoms with Crippen molar-refractivity contribution in [3.8, 4) is 0 Å². The molecule has 0 spiro atoms. The molecule has 8 atom stereocenters. The van der Waals surface area contributed by atoms with Gasteiger partial charge in [0.1, 0.15) is 11.0 Å². The predicted molar refractivity (Wildman–Crippen MR) is 103 cm³/mol. The summed E-state index contributed by atoms with van der Waals surface area (Å²) < 4.78 is 15.3. The van der Waals surface area contributed by atoms with Crippen molar-refractivity contribution in [3.05, 3.63) is 23.8 Å². The standard InChI is InChI=1S/C22H24ClFO5/c1-10-6-12-13-8-15(24)14-7-11(25)4-5-21(14,3)22(13,23)16(26)9-20(12,2)17(10)18(27)19(28)29/h4-5,7,10,12-13,15,17H,6,8-9H2,1-3H3,(H,28,29)/t10-,12+,13+,15+,17-,20+,21+,22+/m1/s1. The average Bonchev–Trinajstić information content (AvgIpc) is 2.89. The van der Waals surface area contributed by atoms with Crippen LogP contribution in [0.2, 0.25) is 0 Å². The number of carbonyl (C=O) groups excluding carboxylic acids is 3. The molecule has 0 unspecified atom stereocenters. The zero-order valence-corrected chi connectivity index (χ0v) is 17.3. The molecule has 0 bridgehead atoms. The fourth-order valence-electron chi connectivity index (χ4n) is 7.00. The Balaban J connectivity index is 1.85. The number of fused-ring (bicyclic) bond motifs is 5. The number of carboxylic acids is 1. The van der Waals surface area contributed by atoms with Crippen LogP contribution < -0.4 is 0 Å². The molecule has 7 heteroatoms. The highest BCUT2D eigenvalue weighted by molar-refractivity contribution is 6.38. The van der Waals surface area contributed by atoms with E-state index in [1.165, 1.54) is 12.2 Å². The van der Waals surface area contributed by atoms with Crippen molar-refractivity contribution in [2.75, 3.05) is 0 Å². The Hall–Kier alpha value is -1.82. The summed E-state index contributed by atoms with van der Waals surface area (Å²) in [5.74, 6) is -4.89. The molecule has 0 heterocycles. The maximum Gasteiger partial charge on any atom is 0.372 e. The minimum atomic E-state index is -1.50. The first-order chi connectivity index (χ1) is 13.4. The Labute approximate surface area is 173 Å². The lowest BCUT2D eigenvalue weighted by atomic mass is 9.46. The van der Waals surface area contributed by atoms with Crippen LogP contribution in [0, 0.1) is 34.5 Å². The average molecular weight is 423 g/mol. The van der Waals surface area contributed by atoms with Gasteiger partial charge in [0.05, 0.1) is 0 Å². The summed E-state index contributed by atoms with van der Waals surface area (Å²) in [7, 11) is 0. The molecular weight excluding hydrogens is 399 g/mol. The van der Waals surface area contributed by atoms with Crippen LogP contribution in [-0.2, 0) is 19.2 Å². The summed E-state index contributed by atoms with van der Waals surface area (Å²) in [5, 5.41) is 9.31. The Morgan fingerprint density at radius 1 is 1.21 bits per heavy atom. The van der Waals surface area contributed by atoms with E-state index in [1.54, 1.807) is 19.9 Å². The monoisotopic (exact) mass is 422 g/mol. The number of halogens is 2. The number of Topliss-reactive ketones (excluding diaryl/α,β-unsaturated/α-hetero) is 2. The number of carbonyl (C=O) groups is 4. The van der Waals surface area contributed by atoms with E-state index in [0.29, 0.717) is 6.42 Å². The summed E-state index contributed by atoms with van der Waals surface area (Å²) in [6.45, 7) is 5.30. The number of hydrogen-bond acceptors (Lipinski definition) is 4. The first-order valence-corrected chi connectivity index (χ1v) is 10.3. The van der Waals surface area contributed by atoms with Crippen LogP contribution in [0.4, 0.5) is 4.39 Å². The van der Waals surface area contributed by atoms with Crippen LogP contribution in [0.25, 0.3) is 0 Å². The Kier molecular flexibility index (Phi) is 4.30. The number of ketones is 3. The second kappa shape index (κ2) is 6.10. The van der Waals surface area contributed by atoms with Crippen LogP contribution >= 0.6 is 11.6 Å².